The number of rotatable bonds is 4. The average Bonchev–Trinajstić information content (AvgIpc) is 2.48. The van der Waals surface area contributed by atoms with Crippen molar-refractivity contribution in [2.75, 3.05) is 4.72 Å². The number of anilines is 1. The van der Waals surface area contributed by atoms with E-state index in [2.05, 4.69) is 9.71 Å². The summed E-state index contributed by atoms with van der Waals surface area (Å²) in [7, 11) is -3.46. The standard InChI is InChI=1S/C16H14N2O2S/c19-21(20,12-13-6-2-1-3-7-13)18-16-10-11-17-15-9-5-4-8-14(15)16/h1-11H,12H2,(H,17,18). The molecule has 0 aliphatic heterocycles. The van der Waals surface area contributed by atoms with Gasteiger partial charge in [-0.3, -0.25) is 9.71 Å². The van der Waals surface area contributed by atoms with Gasteiger partial charge in [-0.25, -0.2) is 8.42 Å². The highest BCUT2D eigenvalue weighted by Crippen LogP contribution is 2.22. The topological polar surface area (TPSA) is 59.1 Å². The van der Waals surface area contributed by atoms with Gasteiger partial charge < -0.3 is 0 Å². The number of nitrogens with one attached hydrogen (secondary N) is 1. The number of para-hydroxylation sites is 1. The first-order valence-corrected chi connectivity index (χ1v) is 8.17. The Labute approximate surface area is 123 Å². The second-order valence-electron chi connectivity index (χ2n) is 4.72. The van der Waals surface area contributed by atoms with Gasteiger partial charge in [0.25, 0.3) is 0 Å². The van der Waals surface area contributed by atoms with Gasteiger partial charge in [0.15, 0.2) is 0 Å². The highest BCUT2D eigenvalue weighted by molar-refractivity contribution is 7.91. The molecule has 0 amide bonds. The van der Waals surface area contributed by atoms with Gasteiger partial charge in [-0.05, 0) is 17.7 Å². The molecule has 1 aromatic heterocycles. The molecule has 4 nitrogen and oxygen atoms in total. The Morgan fingerprint density at radius 2 is 1.62 bits per heavy atom. The van der Waals surface area contributed by atoms with Crippen molar-refractivity contribution in [3.63, 3.8) is 0 Å². The monoisotopic (exact) mass is 298 g/mol. The van der Waals surface area contributed by atoms with E-state index < -0.39 is 10.0 Å². The number of pyridine rings is 1. The molecule has 0 radical (unpaired) electrons. The van der Waals surface area contributed by atoms with Crippen LogP contribution in [0.2, 0.25) is 0 Å². The third-order valence-electron chi connectivity index (χ3n) is 3.11. The number of fused-ring (bicyclic) bond motifs is 1. The number of nitrogens with zero attached hydrogens (tertiary/aromatic N) is 1. The molecule has 0 saturated carbocycles. The predicted octanol–water partition coefficient (Wildman–Crippen LogP) is 3.18. The number of sulfonamides is 1. The minimum atomic E-state index is -3.46. The van der Waals surface area contributed by atoms with Crippen LogP contribution in [0, 0.1) is 0 Å². The fourth-order valence-corrected chi connectivity index (χ4v) is 3.40. The van der Waals surface area contributed by atoms with Crippen molar-refractivity contribution in [3.8, 4) is 0 Å². The molecule has 0 aliphatic rings. The molecule has 3 aromatic rings. The fourth-order valence-electron chi connectivity index (χ4n) is 2.18. The molecule has 0 fully saturated rings. The number of aromatic nitrogens is 1. The van der Waals surface area contributed by atoms with Crippen molar-refractivity contribution in [1.82, 2.24) is 4.98 Å². The summed E-state index contributed by atoms with van der Waals surface area (Å²) in [5.74, 6) is -0.0511. The van der Waals surface area contributed by atoms with Gasteiger partial charge in [-0.2, -0.15) is 0 Å². The van der Waals surface area contributed by atoms with E-state index in [1.54, 1.807) is 24.4 Å². The third kappa shape index (κ3) is 3.20. The molecule has 3 rings (SSSR count). The quantitative estimate of drug-likeness (QED) is 0.805. The Morgan fingerprint density at radius 3 is 2.43 bits per heavy atom. The van der Waals surface area contributed by atoms with Gasteiger partial charge in [-0.15, -0.1) is 0 Å². The van der Waals surface area contributed by atoms with Crippen LogP contribution in [0.25, 0.3) is 10.9 Å². The molecule has 1 heterocycles. The molecular formula is C16H14N2O2S. The summed E-state index contributed by atoms with van der Waals surface area (Å²) in [6, 6.07) is 18.2. The Bertz CT molecular complexity index is 856. The molecule has 0 saturated heterocycles. The van der Waals surface area contributed by atoms with Crippen LogP contribution in [0.3, 0.4) is 0 Å². The normalized spacial score (nSPS) is 11.4. The zero-order valence-electron chi connectivity index (χ0n) is 11.2. The van der Waals surface area contributed by atoms with Crippen LogP contribution in [0.5, 0.6) is 0 Å². The molecule has 1 N–H and O–H groups in total. The highest BCUT2D eigenvalue weighted by Gasteiger charge is 2.13. The number of benzene rings is 2. The van der Waals surface area contributed by atoms with Crippen LogP contribution in [-0.2, 0) is 15.8 Å². The molecular weight excluding hydrogens is 284 g/mol. The van der Waals surface area contributed by atoms with Crippen LogP contribution in [0.1, 0.15) is 5.56 Å². The van der Waals surface area contributed by atoms with Crippen molar-refractivity contribution >= 4 is 26.6 Å². The molecule has 0 atom stereocenters. The predicted molar refractivity (Wildman–Crippen MR) is 84.4 cm³/mol. The lowest BCUT2D eigenvalue weighted by Crippen LogP contribution is -2.15. The first kappa shape index (κ1) is 13.6. The third-order valence-corrected chi connectivity index (χ3v) is 4.36. The van der Waals surface area contributed by atoms with Gasteiger partial charge in [0.2, 0.25) is 10.0 Å². The summed E-state index contributed by atoms with van der Waals surface area (Å²) in [6.45, 7) is 0. The van der Waals surface area contributed by atoms with E-state index in [0.717, 1.165) is 16.5 Å². The Hall–Kier alpha value is -2.40. The summed E-state index contributed by atoms with van der Waals surface area (Å²) >= 11 is 0. The molecule has 2 aromatic carbocycles. The van der Waals surface area contributed by atoms with Crippen LogP contribution in [0.15, 0.2) is 66.9 Å². The SMILES string of the molecule is O=S(=O)(Cc1ccccc1)Nc1ccnc2ccccc12. The second-order valence-corrected chi connectivity index (χ2v) is 6.44. The fraction of sp³-hybridized carbons (Fsp3) is 0.0625. The van der Waals surface area contributed by atoms with E-state index >= 15 is 0 Å². The number of hydrogen-bond acceptors (Lipinski definition) is 3. The van der Waals surface area contributed by atoms with Crippen LogP contribution in [0.4, 0.5) is 5.69 Å². The van der Waals surface area contributed by atoms with Crippen molar-refractivity contribution < 1.29 is 8.42 Å². The smallest absolute Gasteiger partial charge is 0.236 e. The second kappa shape index (κ2) is 5.54. The molecule has 0 bridgehead atoms. The largest absolute Gasteiger partial charge is 0.283 e. The van der Waals surface area contributed by atoms with Gasteiger partial charge in [0.1, 0.15) is 0 Å². The minimum absolute atomic E-state index is 0.0511. The highest BCUT2D eigenvalue weighted by atomic mass is 32.2. The van der Waals surface area contributed by atoms with E-state index in [1.807, 2.05) is 42.5 Å². The molecule has 0 spiro atoms. The summed E-state index contributed by atoms with van der Waals surface area (Å²) in [5, 5.41) is 0.789. The van der Waals surface area contributed by atoms with E-state index in [0.29, 0.717) is 5.69 Å². The zero-order valence-corrected chi connectivity index (χ0v) is 12.0. The maximum Gasteiger partial charge on any atom is 0.236 e. The number of hydrogen-bond donors (Lipinski definition) is 1. The summed E-state index contributed by atoms with van der Waals surface area (Å²) < 4.78 is 27.2. The Morgan fingerprint density at radius 1 is 0.905 bits per heavy atom. The molecule has 21 heavy (non-hydrogen) atoms. The van der Waals surface area contributed by atoms with Crippen molar-refractivity contribution in [2.45, 2.75) is 5.75 Å². The molecule has 5 heteroatoms. The van der Waals surface area contributed by atoms with Crippen molar-refractivity contribution in [3.05, 3.63) is 72.4 Å². The molecule has 0 unspecified atom stereocenters. The van der Waals surface area contributed by atoms with Gasteiger partial charge >= 0.3 is 0 Å². The first-order valence-electron chi connectivity index (χ1n) is 6.52. The van der Waals surface area contributed by atoms with E-state index in [4.69, 9.17) is 0 Å². The lowest BCUT2D eigenvalue weighted by molar-refractivity contribution is 0.600. The Kier molecular flexibility index (Phi) is 3.58. The Balaban J connectivity index is 1.91. The van der Waals surface area contributed by atoms with Crippen LogP contribution >= 0.6 is 0 Å². The average molecular weight is 298 g/mol. The van der Waals surface area contributed by atoms with Crippen LogP contribution in [-0.4, -0.2) is 13.4 Å². The summed E-state index contributed by atoms with van der Waals surface area (Å²) in [4.78, 5) is 4.22. The lowest BCUT2D eigenvalue weighted by atomic mass is 10.2. The summed E-state index contributed by atoms with van der Waals surface area (Å²) in [5.41, 5.74) is 2.07. The van der Waals surface area contributed by atoms with E-state index in [9.17, 15) is 8.42 Å². The van der Waals surface area contributed by atoms with Crippen molar-refractivity contribution in [1.29, 1.82) is 0 Å². The van der Waals surface area contributed by atoms with E-state index in [-0.39, 0.29) is 5.75 Å². The van der Waals surface area contributed by atoms with Gasteiger partial charge in [0, 0.05) is 11.6 Å². The lowest BCUT2D eigenvalue weighted by Gasteiger charge is -2.10. The maximum atomic E-state index is 12.3. The van der Waals surface area contributed by atoms with Gasteiger partial charge in [-0.1, -0.05) is 48.5 Å². The molecule has 0 aliphatic carbocycles. The van der Waals surface area contributed by atoms with Crippen molar-refractivity contribution in [2.24, 2.45) is 0 Å². The first-order chi connectivity index (χ1) is 10.1. The maximum absolute atomic E-state index is 12.3. The minimum Gasteiger partial charge on any atom is -0.283 e. The van der Waals surface area contributed by atoms with Gasteiger partial charge in [0.05, 0.1) is 17.0 Å². The summed E-state index contributed by atoms with van der Waals surface area (Å²) in [6.07, 6.45) is 1.60. The zero-order chi connectivity index (χ0) is 14.7. The molecule has 106 valence electrons. The van der Waals surface area contributed by atoms with Crippen LogP contribution < -0.4 is 4.72 Å². The van der Waals surface area contributed by atoms with E-state index in [1.165, 1.54) is 0 Å².